The molecule has 1 fully saturated rings. The fourth-order valence-corrected chi connectivity index (χ4v) is 4.44. The Morgan fingerprint density at radius 3 is 2.16 bits per heavy atom. The van der Waals surface area contributed by atoms with Crippen LogP contribution < -0.4 is 5.32 Å². The molecular formula is C23H29NO. The molecule has 132 valence electrons. The fraction of sp³-hybridized carbons (Fsp3) is 0.391. The Labute approximate surface area is 151 Å². The van der Waals surface area contributed by atoms with Crippen LogP contribution in [-0.2, 0) is 0 Å². The summed E-state index contributed by atoms with van der Waals surface area (Å²) in [7, 11) is 0. The molecule has 0 aromatic heterocycles. The number of aliphatic hydroxyl groups is 1. The highest BCUT2D eigenvalue weighted by Gasteiger charge is 2.47. The first-order valence-electron chi connectivity index (χ1n) is 9.26. The van der Waals surface area contributed by atoms with Gasteiger partial charge in [-0.1, -0.05) is 73.2 Å². The molecule has 1 aliphatic rings. The number of hydrogen-bond acceptors (Lipinski definition) is 2. The fourth-order valence-electron chi connectivity index (χ4n) is 4.44. The average molecular weight is 335 g/mol. The van der Waals surface area contributed by atoms with Crippen LogP contribution in [-0.4, -0.2) is 10.7 Å². The molecule has 2 heteroatoms. The Kier molecular flexibility index (Phi) is 5.41. The van der Waals surface area contributed by atoms with Gasteiger partial charge < -0.3 is 10.4 Å². The topological polar surface area (TPSA) is 32.3 Å². The number of hydrogen-bond donors (Lipinski definition) is 2. The van der Waals surface area contributed by atoms with Crippen LogP contribution >= 0.6 is 0 Å². The second-order valence-corrected chi connectivity index (χ2v) is 7.47. The van der Waals surface area contributed by atoms with Gasteiger partial charge in [0.2, 0.25) is 0 Å². The van der Waals surface area contributed by atoms with Crippen molar-refractivity contribution in [1.29, 1.82) is 0 Å². The largest absolute Gasteiger partial charge is 0.389 e. The van der Waals surface area contributed by atoms with Gasteiger partial charge in [-0.15, -0.1) is 6.58 Å². The predicted octanol–water partition coefficient (Wildman–Crippen LogP) is 5.19. The van der Waals surface area contributed by atoms with E-state index < -0.39 is 5.60 Å². The summed E-state index contributed by atoms with van der Waals surface area (Å²) in [5.74, 6) is 0.159. The molecule has 2 aromatic carbocycles. The lowest BCUT2D eigenvalue weighted by Crippen LogP contribution is -2.53. The lowest BCUT2D eigenvalue weighted by Gasteiger charge is -2.49. The second kappa shape index (κ2) is 7.55. The van der Waals surface area contributed by atoms with Crippen molar-refractivity contribution >= 4 is 0 Å². The molecule has 1 saturated heterocycles. The van der Waals surface area contributed by atoms with Crippen molar-refractivity contribution in [2.45, 2.75) is 50.8 Å². The van der Waals surface area contributed by atoms with Crippen molar-refractivity contribution in [3.63, 3.8) is 0 Å². The SMILES string of the molecule is C=C(C)C[C@]1(O)C[C@@H](c2ccccc2)N[C@@H](c2ccccc2)[C@H]1CC. The number of piperidine rings is 1. The van der Waals surface area contributed by atoms with E-state index in [9.17, 15) is 5.11 Å². The minimum absolute atomic E-state index is 0.134. The van der Waals surface area contributed by atoms with E-state index in [2.05, 4.69) is 67.4 Å². The smallest absolute Gasteiger partial charge is 0.0748 e. The monoisotopic (exact) mass is 335 g/mol. The predicted molar refractivity (Wildman–Crippen MR) is 104 cm³/mol. The third kappa shape index (κ3) is 3.86. The minimum Gasteiger partial charge on any atom is -0.389 e. The molecular weight excluding hydrogens is 306 g/mol. The van der Waals surface area contributed by atoms with Gasteiger partial charge in [0, 0.05) is 18.0 Å². The number of nitrogens with one attached hydrogen (secondary N) is 1. The average Bonchev–Trinajstić information content (AvgIpc) is 2.61. The Bertz CT molecular complexity index is 697. The van der Waals surface area contributed by atoms with Gasteiger partial charge in [0.15, 0.2) is 0 Å². The van der Waals surface area contributed by atoms with Gasteiger partial charge in [0.25, 0.3) is 0 Å². The summed E-state index contributed by atoms with van der Waals surface area (Å²) in [6.45, 7) is 8.27. The van der Waals surface area contributed by atoms with Crippen LogP contribution in [0.2, 0.25) is 0 Å². The minimum atomic E-state index is -0.743. The van der Waals surface area contributed by atoms with Crippen LogP contribution in [0.25, 0.3) is 0 Å². The van der Waals surface area contributed by atoms with E-state index in [1.165, 1.54) is 11.1 Å². The highest BCUT2D eigenvalue weighted by Crippen LogP contribution is 2.47. The molecule has 2 nitrogen and oxygen atoms in total. The summed E-state index contributed by atoms with van der Waals surface area (Å²) < 4.78 is 0. The van der Waals surface area contributed by atoms with Gasteiger partial charge in [0.05, 0.1) is 5.60 Å². The Balaban J connectivity index is 2.01. The molecule has 1 aliphatic heterocycles. The van der Waals surface area contributed by atoms with Gasteiger partial charge >= 0.3 is 0 Å². The lowest BCUT2D eigenvalue weighted by molar-refractivity contribution is -0.0759. The quantitative estimate of drug-likeness (QED) is 0.737. The van der Waals surface area contributed by atoms with E-state index in [4.69, 9.17) is 0 Å². The van der Waals surface area contributed by atoms with Gasteiger partial charge in [-0.25, -0.2) is 0 Å². The van der Waals surface area contributed by atoms with Crippen molar-refractivity contribution in [2.24, 2.45) is 5.92 Å². The molecule has 2 aromatic rings. The van der Waals surface area contributed by atoms with Gasteiger partial charge in [-0.2, -0.15) is 0 Å². The molecule has 0 unspecified atom stereocenters. The summed E-state index contributed by atoms with van der Waals surface area (Å²) in [5.41, 5.74) is 2.78. The van der Waals surface area contributed by atoms with Crippen LogP contribution in [0.4, 0.5) is 0 Å². The van der Waals surface area contributed by atoms with Crippen LogP contribution in [0, 0.1) is 5.92 Å². The summed E-state index contributed by atoms with van der Waals surface area (Å²) in [6.07, 6.45) is 2.30. The molecule has 2 N–H and O–H groups in total. The highest BCUT2D eigenvalue weighted by molar-refractivity contribution is 5.27. The zero-order valence-corrected chi connectivity index (χ0v) is 15.3. The molecule has 4 atom stereocenters. The maximum Gasteiger partial charge on any atom is 0.0748 e. The van der Waals surface area contributed by atoms with E-state index in [1.54, 1.807) is 0 Å². The third-order valence-electron chi connectivity index (χ3n) is 5.44. The van der Waals surface area contributed by atoms with Crippen LogP contribution in [0.1, 0.15) is 56.3 Å². The van der Waals surface area contributed by atoms with E-state index in [0.29, 0.717) is 12.8 Å². The number of rotatable bonds is 5. The van der Waals surface area contributed by atoms with Crippen molar-refractivity contribution in [1.82, 2.24) is 5.32 Å². The summed E-state index contributed by atoms with van der Waals surface area (Å²) in [5, 5.41) is 15.5. The first-order valence-corrected chi connectivity index (χ1v) is 9.26. The van der Waals surface area contributed by atoms with Crippen molar-refractivity contribution < 1.29 is 5.11 Å². The maximum absolute atomic E-state index is 11.7. The van der Waals surface area contributed by atoms with Crippen molar-refractivity contribution in [3.05, 3.63) is 83.9 Å². The lowest BCUT2D eigenvalue weighted by atomic mass is 9.67. The molecule has 25 heavy (non-hydrogen) atoms. The Morgan fingerprint density at radius 1 is 1.08 bits per heavy atom. The molecule has 0 radical (unpaired) electrons. The second-order valence-electron chi connectivity index (χ2n) is 7.47. The molecule has 0 spiro atoms. The third-order valence-corrected chi connectivity index (χ3v) is 5.44. The summed E-state index contributed by atoms with van der Waals surface area (Å²) >= 11 is 0. The first kappa shape index (κ1) is 17.9. The zero-order chi connectivity index (χ0) is 17.9. The molecule has 1 heterocycles. The maximum atomic E-state index is 11.7. The molecule has 0 amide bonds. The van der Waals surface area contributed by atoms with Crippen molar-refractivity contribution in [2.75, 3.05) is 0 Å². The Hall–Kier alpha value is -1.90. The van der Waals surface area contributed by atoms with E-state index in [0.717, 1.165) is 12.0 Å². The molecule has 0 aliphatic carbocycles. The normalized spacial score (nSPS) is 29.3. The number of benzene rings is 2. The molecule has 0 saturated carbocycles. The Morgan fingerprint density at radius 2 is 1.64 bits per heavy atom. The van der Waals surface area contributed by atoms with Gasteiger partial charge in [-0.3, -0.25) is 0 Å². The van der Waals surface area contributed by atoms with Crippen LogP contribution in [0.5, 0.6) is 0 Å². The van der Waals surface area contributed by atoms with Gasteiger partial charge in [-0.05, 0) is 37.3 Å². The van der Waals surface area contributed by atoms with Crippen molar-refractivity contribution in [3.8, 4) is 0 Å². The van der Waals surface area contributed by atoms with Crippen LogP contribution in [0.3, 0.4) is 0 Å². The summed E-state index contributed by atoms with van der Waals surface area (Å²) in [4.78, 5) is 0. The van der Waals surface area contributed by atoms with Gasteiger partial charge in [0.1, 0.15) is 0 Å². The van der Waals surface area contributed by atoms with E-state index in [-0.39, 0.29) is 18.0 Å². The van der Waals surface area contributed by atoms with E-state index >= 15 is 0 Å². The molecule has 3 rings (SSSR count). The van der Waals surface area contributed by atoms with Crippen LogP contribution in [0.15, 0.2) is 72.8 Å². The first-order chi connectivity index (χ1) is 12.0. The zero-order valence-electron chi connectivity index (χ0n) is 15.3. The molecule has 0 bridgehead atoms. The highest BCUT2D eigenvalue weighted by atomic mass is 16.3. The standard InChI is InChI=1S/C23H29NO/c1-4-20-22(19-13-9-6-10-14-19)24-21(18-11-7-5-8-12-18)16-23(20,25)15-17(2)3/h5-14,20-22,24-25H,2,4,15-16H2,1,3H3/t20-,21+,22+,23+/m1/s1. The van der Waals surface area contributed by atoms with E-state index in [1.807, 2.05) is 19.1 Å². The summed E-state index contributed by atoms with van der Waals surface area (Å²) in [6, 6.07) is 21.3.